The molecule has 0 bridgehead atoms. The van der Waals surface area contributed by atoms with Crippen LogP contribution in [0.2, 0.25) is 5.02 Å². The number of halogens is 1. The Labute approximate surface area is 153 Å². The Kier molecular flexibility index (Phi) is 6.36. The summed E-state index contributed by atoms with van der Waals surface area (Å²) in [5.41, 5.74) is 2.16. The molecule has 2 aromatic rings. The smallest absolute Gasteiger partial charge is 0.239 e. The molecule has 25 heavy (non-hydrogen) atoms. The summed E-state index contributed by atoms with van der Waals surface area (Å²) < 4.78 is 25.5. The number of nitrogens with one attached hydrogen (secondary N) is 1. The van der Waals surface area contributed by atoms with E-state index in [-0.39, 0.29) is 6.54 Å². The van der Waals surface area contributed by atoms with Gasteiger partial charge in [0.25, 0.3) is 0 Å². The minimum absolute atomic E-state index is 0.288. The van der Waals surface area contributed by atoms with Gasteiger partial charge in [0.05, 0.1) is 6.54 Å². The molecule has 0 aliphatic heterocycles. The lowest BCUT2D eigenvalue weighted by Crippen LogP contribution is -2.33. The number of nitrogens with zero attached hydrogens (tertiary/aromatic N) is 1. The summed E-state index contributed by atoms with van der Waals surface area (Å²) in [5, 5.41) is 4.34. The molecule has 5 nitrogen and oxygen atoms in total. The highest BCUT2D eigenvalue weighted by molar-refractivity contribution is 7.92. The summed E-state index contributed by atoms with van der Waals surface area (Å²) in [4.78, 5) is 12.1. The van der Waals surface area contributed by atoms with Gasteiger partial charge >= 0.3 is 0 Å². The molecule has 0 aliphatic rings. The lowest BCUT2D eigenvalue weighted by molar-refractivity contribution is -0.116. The van der Waals surface area contributed by atoms with Gasteiger partial charge in [-0.3, -0.25) is 4.79 Å². The van der Waals surface area contributed by atoms with E-state index >= 15 is 0 Å². The van der Waals surface area contributed by atoms with Crippen LogP contribution in [0.3, 0.4) is 0 Å². The average Bonchev–Trinajstić information content (AvgIpc) is 2.56. The molecule has 0 radical (unpaired) electrons. The predicted octanol–water partition coefficient (Wildman–Crippen LogP) is 3.52. The van der Waals surface area contributed by atoms with Gasteiger partial charge in [0, 0.05) is 23.2 Å². The Bertz CT molecular complexity index is 880. The van der Waals surface area contributed by atoms with Crippen molar-refractivity contribution in [2.75, 3.05) is 18.9 Å². The number of benzene rings is 2. The van der Waals surface area contributed by atoms with Crippen LogP contribution in [0.15, 0.2) is 53.9 Å². The Morgan fingerprint density at radius 1 is 1.20 bits per heavy atom. The van der Waals surface area contributed by atoms with E-state index in [1.807, 2.05) is 25.1 Å². The first kappa shape index (κ1) is 19.2. The first-order chi connectivity index (χ1) is 11.8. The number of carbonyl (C=O) groups is 1. The SMILES string of the molecule is Cc1cc(Cl)ccc1NC(=O)CN(C)S(=O)(=O)/C=C/c1ccccc1. The van der Waals surface area contributed by atoms with Crippen molar-refractivity contribution >= 4 is 39.3 Å². The molecular formula is C18H19ClN2O3S. The number of hydrogen-bond donors (Lipinski definition) is 1. The topological polar surface area (TPSA) is 66.5 Å². The third kappa shape index (κ3) is 5.70. The van der Waals surface area contributed by atoms with Crippen molar-refractivity contribution in [2.45, 2.75) is 6.92 Å². The van der Waals surface area contributed by atoms with Crippen LogP contribution in [0.5, 0.6) is 0 Å². The van der Waals surface area contributed by atoms with Crippen LogP contribution in [0.1, 0.15) is 11.1 Å². The number of anilines is 1. The maximum Gasteiger partial charge on any atom is 0.239 e. The van der Waals surface area contributed by atoms with E-state index < -0.39 is 15.9 Å². The van der Waals surface area contributed by atoms with E-state index in [2.05, 4.69) is 5.32 Å². The molecule has 0 aliphatic carbocycles. The highest BCUT2D eigenvalue weighted by atomic mass is 35.5. The summed E-state index contributed by atoms with van der Waals surface area (Å²) in [5.74, 6) is -0.426. The lowest BCUT2D eigenvalue weighted by Gasteiger charge is -2.15. The Morgan fingerprint density at radius 2 is 1.88 bits per heavy atom. The van der Waals surface area contributed by atoms with Gasteiger partial charge in [0.1, 0.15) is 0 Å². The van der Waals surface area contributed by atoms with Crippen LogP contribution in [0.4, 0.5) is 5.69 Å². The minimum Gasteiger partial charge on any atom is -0.325 e. The second-order valence-corrected chi connectivity index (χ2v) is 7.88. The van der Waals surface area contributed by atoms with Crippen molar-refractivity contribution in [1.82, 2.24) is 4.31 Å². The van der Waals surface area contributed by atoms with Gasteiger partial charge in [-0.1, -0.05) is 41.9 Å². The van der Waals surface area contributed by atoms with Gasteiger partial charge in [0.15, 0.2) is 0 Å². The van der Waals surface area contributed by atoms with Crippen molar-refractivity contribution < 1.29 is 13.2 Å². The van der Waals surface area contributed by atoms with Crippen molar-refractivity contribution in [3.05, 3.63) is 70.1 Å². The fraction of sp³-hybridized carbons (Fsp3) is 0.167. The first-order valence-corrected chi connectivity index (χ1v) is 9.41. The third-order valence-electron chi connectivity index (χ3n) is 3.50. The van der Waals surface area contributed by atoms with E-state index in [9.17, 15) is 13.2 Å². The van der Waals surface area contributed by atoms with E-state index in [4.69, 9.17) is 11.6 Å². The van der Waals surface area contributed by atoms with Crippen LogP contribution in [0.25, 0.3) is 6.08 Å². The van der Waals surface area contributed by atoms with Crippen molar-refractivity contribution in [1.29, 1.82) is 0 Å². The largest absolute Gasteiger partial charge is 0.325 e. The van der Waals surface area contributed by atoms with Gasteiger partial charge in [0.2, 0.25) is 15.9 Å². The number of hydrogen-bond acceptors (Lipinski definition) is 3. The highest BCUT2D eigenvalue weighted by Gasteiger charge is 2.18. The zero-order valence-corrected chi connectivity index (χ0v) is 15.5. The van der Waals surface area contributed by atoms with E-state index in [1.165, 1.54) is 13.1 Å². The number of aryl methyl sites for hydroxylation is 1. The van der Waals surface area contributed by atoms with Gasteiger partial charge in [-0.15, -0.1) is 0 Å². The fourth-order valence-corrected chi connectivity index (χ4v) is 3.14. The molecule has 0 saturated heterocycles. The first-order valence-electron chi connectivity index (χ1n) is 7.53. The number of sulfonamides is 1. The quantitative estimate of drug-likeness (QED) is 0.836. The van der Waals surface area contributed by atoms with Gasteiger partial charge in [-0.2, -0.15) is 4.31 Å². The summed E-state index contributed by atoms with van der Waals surface area (Å²) in [7, 11) is -2.33. The van der Waals surface area contributed by atoms with E-state index in [0.717, 1.165) is 20.8 Å². The van der Waals surface area contributed by atoms with Gasteiger partial charge in [-0.25, -0.2) is 8.42 Å². The molecule has 1 N–H and O–H groups in total. The Balaban J connectivity index is 2.01. The van der Waals surface area contributed by atoms with Gasteiger partial charge < -0.3 is 5.32 Å². The monoisotopic (exact) mass is 378 g/mol. The van der Waals surface area contributed by atoms with Crippen LogP contribution in [-0.4, -0.2) is 32.2 Å². The summed E-state index contributed by atoms with van der Waals surface area (Å²) in [6.45, 7) is 1.52. The molecule has 2 aromatic carbocycles. The highest BCUT2D eigenvalue weighted by Crippen LogP contribution is 2.19. The number of amides is 1. The van der Waals surface area contributed by atoms with Crippen molar-refractivity contribution in [3.63, 3.8) is 0 Å². The maximum atomic E-state index is 12.2. The lowest BCUT2D eigenvalue weighted by atomic mass is 10.2. The normalized spacial score (nSPS) is 11.8. The number of carbonyl (C=O) groups excluding carboxylic acids is 1. The van der Waals surface area contributed by atoms with E-state index in [0.29, 0.717) is 10.7 Å². The molecule has 0 atom stereocenters. The molecule has 2 rings (SSSR count). The third-order valence-corrected chi connectivity index (χ3v) is 5.21. The standard InChI is InChI=1S/C18H19ClN2O3S/c1-14-12-16(19)8-9-17(14)20-18(22)13-21(2)25(23,24)11-10-15-6-4-3-5-7-15/h3-12H,13H2,1-2H3,(H,20,22)/b11-10+. The predicted molar refractivity (Wildman–Crippen MR) is 102 cm³/mol. The fourth-order valence-electron chi connectivity index (χ4n) is 2.08. The van der Waals surface area contributed by atoms with Crippen LogP contribution < -0.4 is 5.32 Å². The zero-order chi connectivity index (χ0) is 18.4. The minimum atomic E-state index is -3.69. The summed E-state index contributed by atoms with van der Waals surface area (Å²) in [6, 6.07) is 14.1. The van der Waals surface area contributed by atoms with E-state index in [1.54, 1.807) is 30.3 Å². The second kappa shape index (κ2) is 8.29. The Hall–Kier alpha value is -2.15. The molecule has 0 heterocycles. The molecule has 132 valence electrons. The van der Waals surface area contributed by atoms with Crippen molar-refractivity contribution in [3.8, 4) is 0 Å². The molecule has 0 spiro atoms. The molecule has 7 heteroatoms. The number of likely N-dealkylation sites (N-methyl/N-ethyl adjacent to an activating group) is 1. The summed E-state index contributed by atoms with van der Waals surface area (Å²) >= 11 is 5.88. The molecule has 0 fully saturated rings. The van der Waals surface area contributed by atoms with Crippen LogP contribution in [-0.2, 0) is 14.8 Å². The molecule has 0 aromatic heterocycles. The zero-order valence-electron chi connectivity index (χ0n) is 13.9. The second-order valence-electron chi connectivity index (χ2n) is 5.52. The van der Waals surface area contributed by atoms with Crippen LogP contribution >= 0.6 is 11.6 Å². The summed E-state index contributed by atoms with van der Waals surface area (Å²) in [6.07, 6.45) is 1.49. The maximum absolute atomic E-state index is 12.2. The molecule has 0 saturated carbocycles. The Morgan fingerprint density at radius 3 is 2.52 bits per heavy atom. The average molecular weight is 379 g/mol. The van der Waals surface area contributed by atoms with Gasteiger partial charge in [-0.05, 0) is 42.3 Å². The molecule has 0 unspecified atom stereocenters. The molecule has 1 amide bonds. The van der Waals surface area contributed by atoms with Crippen LogP contribution in [0, 0.1) is 6.92 Å². The van der Waals surface area contributed by atoms with Crippen molar-refractivity contribution in [2.24, 2.45) is 0 Å². The number of rotatable bonds is 6. The molecular weight excluding hydrogens is 360 g/mol.